The third-order valence-corrected chi connectivity index (χ3v) is 4.31. The number of rotatable bonds is 9. The van der Waals surface area contributed by atoms with Crippen molar-refractivity contribution in [1.29, 1.82) is 0 Å². The number of thioether (sulfide) groups is 1. The Kier molecular flexibility index (Phi) is 7.84. The highest BCUT2D eigenvalue weighted by molar-refractivity contribution is 7.98. The maximum atomic E-state index is 4.97. The third-order valence-electron chi connectivity index (χ3n) is 1.96. The zero-order valence-electron chi connectivity index (χ0n) is 9.99. The van der Waals surface area contributed by atoms with Crippen molar-refractivity contribution in [1.82, 2.24) is 10.3 Å². The quantitative estimate of drug-likeness (QED) is 0.692. The second-order valence-corrected chi connectivity index (χ2v) is 5.75. The molecule has 0 fully saturated rings. The highest BCUT2D eigenvalue weighted by Crippen LogP contribution is 2.18. The summed E-state index contributed by atoms with van der Waals surface area (Å²) in [6.45, 7) is 4.77. The Labute approximate surface area is 106 Å². The van der Waals surface area contributed by atoms with Crippen molar-refractivity contribution in [2.45, 2.75) is 25.6 Å². The fraction of sp³-hybridized carbons (Fsp3) is 0.727. The number of methoxy groups -OCH3 is 1. The highest BCUT2D eigenvalue weighted by Gasteiger charge is 2.01. The Morgan fingerprint density at radius 1 is 1.56 bits per heavy atom. The van der Waals surface area contributed by atoms with E-state index in [0.717, 1.165) is 25.4 Å². The van der Waals surface area contributed by atoms with Crippen LogP contribution in [0.25, 0.3) is 0 Å². The van der Waals surface area contributed by atoms with Crippen LogP contribution in [0.3, 0.4) is 0 Å². The van der Waals surface area contributed by atoms with E-state index in [1.807, 2.05) is 18.0 Å². The van der Waals surface area contributed by atoms with Crippen LogP contribution in [-0.4, -0.2) is 31.0 Å². The first kappa shape index (κ1) is 14.0. The van der Waals surface area contributed by atoms with Crippen molar-refractivity contribution in [3.8, 4) is 0 Å². The molecule has 0 aliphatic heterocycles. The van der Waals surface area contributed by atoms with Gasteiger partial charge in [-0.2, -0.15) is 11.8 Å². The first-order chi connectivity index (χ1) is 7.86. The molecule has 0 bridgehead atoms. The number of nitrogens with one attached hydrogen (secondary N) is 1. The largest absolute Gasteiger partial charge is 0.383 e. The van der Waals surface area contributed by atoms with Gasteiger partial charge in [-0.1, -0.05) is 6.92 Å². The number of thiazole rings is 1. The van der Waals surface area contributed by atoms with Gasteiger partial charge >= 0.3 is 0 Å². The lowest BCUT2D eigenvalue weighted by molar-refractivity contribution is 0.199. The topological polar surface area (TPSA) is 34.2 Å². The van der Waals surface area contributed by atoms with E-state index in [-0.39, 0.29) is 0 Å². The molecule has 0 spiro atoms. The van der Waals surface area contributed by atoms with Crippen LogP contribution in [0.15, 0.2) is 6.20 Å². The zero-order valence-corrected chi connectivity index (χ0v) is 11.6. The van der Waals surface area contributed by atoms with Gasteiger partial charge in [0.1, 0.15) is 5.01 Å². The molecular formula is C11H20N2OS2. The van der Waals surface area contributed by atoms with E-state index < -0.39 is 0 Å². The van der Waals surface area contributed by atoms with Crippen LogP contribution in [-0.2, 0) is 17.0 Å². The van der Waals surface area contributed by atoms with Crippen LogP contribution in [0.1, 0.15) is 23.2 Å². The van der Waals surface area contributed by atoms with Gasteiger partial charge in [0.2, 0.25) is 0 Å². The molecule has 5 heteroatoms. The minimum Gasteiger partial charge on any atom is -0.383 e. The Hall–Kier alpha value is -0.100. The summed E-state index contributed by atoms with van der Waals surface area (Å²) in [5, 5.41) is 4.56. The minimum atomic E-state index is 0.762. The monoisotopic (exact) mass is 260 g/mol. The molecule has 0 saturated heterocycles. The second kappa shape index (κ2) is 8.98. The van der Waals surface area contributed by atoms with Crippen LogP contribution < -0.4 is 5.32 Å². The Morgan fingerprint density at radius 3 is 3.19 bits per heavy atom. The highest BCUT2D eigenvalue weighted by atomic mass is 32.2. The predicted molar refractivity (Wildman–Crippen MR) is 72.1 cm³/mol. The molecule has 3 nitrogen and oxygen atoms in total. The van der Waals surface area contributed by atoms with E-state index in [2.05, 4.69) is 17.2 Å². The van der Waals surface area contributed by atoms with Gasteiger partial charge in [-0.15, -0.1) is 11.3 Å². The summed E-state index contributed by atoms with van der Waals surface area (Å²) < 4.78 is 4.97. The normalized spacial score (nSPS) is 10.9. The third kappa shape index (κ3) is 5.84. The van der Waals surface area contributed by atoms with Crippen molar-refractivity contribution >= 4 is 23.1 Å². The molecule has 92 valence electrons. The van der Waals surface area contributed by atoms with Crippen LogP contribution in [0.4, 0.5) is 0 Å². The van der Waals surface area contributed by atoms with E-state index in [0.29, 0.717) is 0 Å². The van der Waals surface area contributed by atoms with Crippen molar-refractivity contribution in [2.75, 3.05) is 26.0 Å². The number of nitrogens with zero attached hydrogens (tertiary/aromatic N) is 1. The average molecular weight is 260 g/mol. The van der Waals surface area contributed by atoms with Gasteiger partial charge in [-0.05, 0) is 12.2 Å². The van der Waals surface area contributed by atoms with Gasteiger partial charge < -0.3 is 10.1 Å². The lowest BCUT2D eigenvalue weighted by Gasteiger charge is -2.00. The van der Waals surface area contributed by atoms with Crippen molar-refractivity contribution in [2.24, 2.45) is 0 Å². The average Bonchev–Trinajstić information content (AvgIpc) is 2.73. The molecule has 1 rings (SSSR count). The lowest BCUT2D eigenvalue weighted by atomic mass is 10.5. The number of ether oxygens (including phenoxy) is 1. The maximum Gasteiger partial charge on any atom is 0.103 e. The van der Waals surface area contributed by atoms with Gasteiger partial charge in [-0.25, -0.2) is 4.98 Å². The molecule has 0 unspecified atom stereocenters. The molecule has 1 heterocycles. The smallest absolute Gasteiger partial charge is 0.103 e. The Morgan fingerprint density at radius 2 is 2.44 bits per heavy atom. The minimum absolute atomic E-state index is 0.762. The Bertz CT molecular complexity index is 279. The van der Waals surface area contributed by atoms with Crippen molar-refractivity contribution < 1.29 is 4.74 Å². The SMILES string of the molecule is CCCSCc1ncc(CNCCOC)s1. The molecule has 0 amide bonds. The number of hydrogen-bond acceptors (Lipinski definition) is 5. The van der Waals surface area contributed by atoms with Gasteiger partial charge in [0.25, 0.3) is 0 Å². The molecule has 0 saturated carbocycles. The molecular weight excluding hydrogens is 240 g/mol. The van der Waals surface area contributed by atoms with E-state index in [9.17, 15) is 0 Å². The number of hydrogen-bond donors (Lipinski definition) is 1. The fourth-order valence-electron chi connectivity index (χ4n) is 1.19. The summed E-state index contributed by atoms with van der Waals surface area (Å²) in [5.41, 5.74) is 0. The summed E-state index contributed by atoms with van der Waals surface area (Å²) in [4.78, 5) is 5.72. The van der Waals surface area contributed by atoms with Gasteiger partial charge in [0.15, 0.2) is 0 Å². The molecule has 0 aromatic carbocycles. The van der Waals surface area contributed by atoms with E-state index in [1.54, 1.807) is 18.4 Å². The molecule has 0 aliphatic rings. The Balaban J connectivity index is 2.17. The summed E-state index contributed by atoms with van der Waals surface area (Å²) in [6, 6.07) is 0. The van der Waals surface area contributed by atoms with Crippen LogP contribution in [0.5, 0.6) is 0 Å². The summed E-state index contributed by atoms with van der Waals surface area (Å²) >= 11 is 3.77. The van der Waals surface area contributed by atoms with E-state index >= 15 is 0 Å². The van der Waals surface area contributed by atoms with Crippen molar-refractivity contribution in [3.63, 3.8) is 0 Å². The zero-order chi connectivity index (χ0) is 11.6. The molecule has 0 radical (unpaired) electrons. The van der Waals surface area contributed by atoms with E-state index in [4.69, 9.17) is 4.74 Å². The summed E-state index contributed by atoms with van der Waals surface area (Å²) in [7, 11) is 1.72. The van der Waals surface area contributed by atoms with Gasteiger partial charge in [0.05, 0.1) is 6.61 Å². The van der Waals surface area contributed by atoms with Crippen molar-refractivity contribution in [3.05, 3.63) is 16.1 Å². The molecule has 16 heavy (non-hydrogen) atoms. The first-order valence-corrected chi connectivity index (χ1v) is 7.55. The summed E-state index contributed by atoms with van der Waals surface area (Å²) in [5.74, 6) is 2.28. The molecule has 1 N–H and O–H groups in total. The predicted octanol–water partition coefficient (Wildman–Crippen LogP) is 2.52. The standard InChI is InChI=1S/C11H20N2OS2/c1-3-6-15-9-11-13-8-10(16-11)7-12-4-5-14-2/h8,12H,3-7,9H2,1-2H3. The van der Waals surface area contributed by atoms with Crippen LogP contribution in [0, 0.1) is 0 Å². The van der Waals surface area contributed by atoms with Gasteiger partial charge in [0, 0.05) is 37.0 Å². The first-order valence-electron chi connectivity index (χ1n) is 5.57. The summed E-state index contributed by atoms with van der Waals surface area (Å²) in [6.07, 6.45) is 3.22. The van der Waals surface area contributed by atoms with Gasteiger partial charge in [-0.3, -0.25) is 0 Å². The van der Waals surface area contributed by atoms with Crippen LogP contribution >= 0.6 is 23.1 Å². The second-order valence-electron chi connectivity index (χ2n) is 3.44. The molecule has 0 aliphatic carbocycles. The van der Waals surface area contributed by atoms with E-state index in [1.165, 1.54) is 22.1 Å². The molecule has 1 aromatic heterocycles. The maximum absolute atomic E-state index is 4.97. The lowest BCUT2D eigenvalue weighted by Crippen LogP contribution is -2.17. The van der Waals surface area contributed by atoms with Crippen LogP contribution in [0.2, 0.25) is 0 Å². The number of aromatic nitrogens is 1. The fourth-order valence-corrected chi connectivity index (χ4v) is 3.04. The molecule has 1 aromatic rings. The molecule has 0 atom stereocenters.